The fraction of sp³-hybridized carbons (Fsp3) is 0.955. The smallest absolute Gasteiger partial charge is 0.462 e. The normalized spacial score (nSPS) is 14.0. The van der Waals surface area contributed by atoms with Crippen LogP contribution in [0, 0.1) is 11.8 Å². The van der Waals surface area contributed by atoms with Gasteiger partial charge in [0.25, 0.3) is 0 Å². The Morgan fingerprint density at radius 1 is 0.269 bits per heavy atom. The first kappa shape index (κ1) is 106. The summed E-state index contributed by atoms with van der Waals surface area (Å²) in [4.78, 5) is 73.3. The van der Waals surface area contributed by atoms with Crippen molar-refractivity contribution in [1.82, 2.24) is 0 Å². The number of aliphatic hydroxyl groups is 1. The number of phosphoric acid groups is 2. The van der Waals surface area contributed by atoms with Crippen LogP contribution in [-0.4, -0.2) is 96.7 Å². The summed E-state index contributed by atoms with van der Waals surface area (Å²) < 4.78 is 69.0. The van der Waals surface area contributed by atoms with E-state index in [-0.39, 0.29) is 25.7 Å². The molecule has 0 spiro atoms. The van der Waals surface area contributed by atoms with E-state index in [2.05, 4.69) is 41.5 Å². The van der Waals surface area contributed by atoms with Gasteiger partial charge in [0.05, 0.1) is 26.4 Å². The van der Waals surface area contributed by atoms with Crippen molar-refractivity contribution in [2.75, 3.05) is 39.6 Å². The third-order valence-corrected chi connectivity index (χ3v) is 23.2. The minimum atomic E-state index is -4.97. The molecule has 0 aromatic heterocycles. The molecule has 0 aliphatic carbocycles. The number of ether oxygens (including phenoxy) is 4. The zero-order chi connectivity index (χ0) is 79.2. The van der Waals surface area contributed by atoms with E-state index in [1.54, 1.807) is 0 Å². The third-order valence-electron chi connectivity index (χ3n) is 21.3. The standard InChI is InChI=1S/C89H174O17P2/c1-7-10-12-14-16-18-20-21-22-31-37-43-49-55-61-67-73-88(93)105-84(77-99-86(91)71-65-59-53-47-39-19-17-15-13-11-8-2)79-103-107(95,96)101-75-83(90)76-102-108(97,98)104-80-85(78-100-87(92)72-66-60-54-48-42-36-32-28-27-29-34-40-45-51-57-63-69-81(4)5)106-89(94)74-68-62-56-50-44-38-33-26-24-23-25-30-35-41-46-52-58-64-70-82(6)9-3/h81-85,90H,7-80H2,1-6H3,(H,95,96)(H,97,98)/t82?,83-,84+,85+/m0/s1. The summed E-state index contributed by atoms with van der Waals surface area (Å²) >= 11 is 0. The van der Waals surface area contributed by atoms with Gasteiger partial charge in [0, 0.05) is 25.7 Å². The van der Waals surface area contributed by atoms with E-state index >= 15 is 0 Å². The van der Waals surface area contributed by atoms with Crippen LogP contribution < -0.4 is 0 Å². The van der Waals surface area contributed by atoms with Gasteiger partial charge in [-0.3, -0.25) is 37.3 Å². The Labute approximate surface area is 664 Å². The maximum absolute atomic E-state index is 13.2. The molecule has 0 saturated heterocycles. The van der Waals surface area contributed by atoms with E-state index in [4.69, 9.17) is 37.0 Å². The lowest BCUT2D eigenvalue weighted by Crippen LogP contribution is -2.30. The van der Waals surface area contributed by atoms with E-state index in [1.807, 2.05) is 0 Å². The molecular formula is C89H174O17P2. The summed E-state index contributed by atoms with van der Waals surface area (Å²) in [6, 6.07) is 0. The topological polar surface area (TPSA) is 237 Å². The van der Waals surface area contributed by atoms with E-state index < -0.39 is 97.5 Å². The van der Waals surface area contributed by atoms with Crippen molar-refractivity contribution in [2.45, 2.75) is 496 Å². The van der Waals surface area contributed by atoms with Gasteiger partial charge in [0.15, 0.2) is 12.2 Å². The largest absolute Gasteiger partial charge is 0.472 e. The van der Waals surface area contributed by atoms with Gasteiger partial charge in [-0.2, -0.15) is 0 Å². The molecule has 108 heavy (non-hydrogen) atoms. The van der Waals surface area contributed by atoms with Gasteiger partial charge in [0.1, 0.15) is 19.3 Å². The van der Waals surface area contributed by atoms with Gasteiger partial charge >= 0.3 is 39.5 Å². The fourth-order valence-electron chi connectivity index (χ4n) is 13.9. The molecule has 0 heterocycles. The number of carbonyl (C=O) groups is 4. The van der Waals surface area contributed by atoms with Crippen molar-refractivity contribution in [3.63, 3.8) is 0 Å². The summed E-state index contributed by atoms with van der Waals surface area (Å²) in [7, 11) is -9.93. The number of hydrogen-bond donors (Lipinski definition) is 3. The van der Waals surface area contributed by atoms with Crippen LogP contribution in [-0.2, 0) is 65.4 Å². The number of esters is 4. The monoisotopic (exact) mass is 1580 g/mol. The Kier molecular flexibility index (Phi) is 78.8. The predicted octanol–water partition coefficient (Wildman–Crippen LogP) is 27.4. The Hall–Kier alpha value is -1.94. The Morgan fingerprint density at radius 2 is 0.472 bits per heavy atom. The molecule has 3 N–H and O–H groups in total. The van der Waals surface area contributed by atoms with Gasteiger partial charge in [-0.15, -0.1) is 0 Å². The molecule has 0 bridgehead atoms. The minimum Gasteiger partial charge on any atom is -0.462 e. The first-order valence-electron chi connectivity index (χ1n) is 46.0. The summed E-state index contributed by atoms with van der Waals surface area (Å²) in [5.74, 6) is -0.413. The van der Waals surface area contributed by atoms with Crippen molar-refractivity contribution >= 4 is 39.5 Å². The van der Waals surface area contributed by atoms with E-state index in [9.17, 15) is 43.2 Å². The molecule has 642 valence electrons. The molecular weight excluding hydrogens is 1400 g/mol. The molecule has 0 fully saturated rings. The molecule has 0 aromatic carbocycles. The number of carbonyl (C=O) groups excluding carboxylic acids is 4. The fourth-order valence-corrected chi connectivity index (χ4v) is 15.5. The van der Waals surface area contributed by atoms with Crippen molar-refractivity contribution < 1.29 is 80.2 Å². The summed E-state index contributed by atoms with van der Waals surface area (Å²) in [6.45, 7) is 9.79. The van der Waals surface area contributed by atoms with Gasteiger partial charge < -0.3 is 33.8 Å². The highest BCUT2D eigenvalue weighted by molar-refractivity contribution is 7.47. The molecule has 6 atom stereocenters. The predicted molar refractivity (Wildman–Crippen MR) is 446 cm³/mol. The van der Waals surface area contributed by atoms with Crippen LogP contribution >= 0.6 is 15.6 Å². The molecule has 0 amide bonds. The van der Waals surface area contributed by atoms with Crippen LogP contribution in [0.3, 0.4) is 0 Å². The minimum absolute atomic E-state index is 0.109. The lowest BCUT2D eigenvalue weighted by Gasteiger charge is -2.21. The zero-order valence-corrected chi connectivity index (χ0v) is 73.0. The Balaban J connectivity index is 5.23. The first-order chi connectivity index (χ1) is 52.4. The van der Waals surface area contributed by atoms with Crippen molar-refractivity contribution in [2.24, 2.45) is 11.8 Å². The van der Waals surface area contributed by atoms with Crippen LogP contribution in [0.1, 0.15) is 478 Å². The Morgan fingerprint density at radius 3 is 0.704 bits per heavy atom. The summed E-state index contributed by atoms with van der Waals surface area (Å²) in [5, 5.41) is 10.7. The molecule has 3 unspecified atom stereocenters. The van der Waals surface area contributed by atoms with Crippen molar-refractivity contribution in [3.8, 4) is 0 Å². The quantitative estimate of drug-likeness (QED) is 0.0222. The van der Waals surface area contributed by atoms with Crippen molar-refractivity contribution in [3.05, 3.63) is 0 Å². The van der Waals surface area contributed by atoms with Crippen LogP contribution in [0.4, 0.5) is 0 Å². The van der Waals surface area contributed by atoms with Crippen LogP contribution in [0.5, 0.6) is 0 Å². The average Bonchev–Trinajstić information content (AvgIpc) is 0.899. The number of rotatable bonds is 88. The summed E-state index contributed by atoms with van der Waals surface area (Å²) in [5.41, 5.74) is 0. The molecule has 0 radical (unpaired) electrons. The SMILES string of the molecule is CCCCCCCCCCCCCCCCCCC(=O)O[C@H](COC(=O)CCCCCCCCCCCCC)COP(=O)(O)OC[C@H](O)COP(=O)(O)OC[C@@H](COC(=O)CCCCCCCCCCCCCCCCCCC(C)C)OC(=O)CCCCCCCCCCCCCCCCCCCCC(C)CC. The second-order valence-corrected chi connectivity index (χ2v) is 35.6. The molecule has 19 heteroatoms. The molecule has 0 saturated carbocycles. The summed E-state index contributed by atoms with van der Waals surface area (Å²) in [6.07, 6.45) is 73.5. The second kappa shape index (κ2) is 80.3. The lowest BCUT2D eigenvalue weighted by molar-refractivity contribution is -0.161. The number of aliphatic hydroxyl groups excluding tert-OH is 1. The molecule has 0 rings (SSSR count). The van der Waals surface area contributed by atoms with Gasteiger partial charge in [0.2, 0.25) is 0 Å². The molecule has 0 aliphatic heterocycles. The maximum atomic E-state index is 13.2. The van der Waals surface area contributed by atoms with Gasteiger partial charge in [-0.25, -0.2) is 9.13 Å². The van der Waals surface area contributed by atoms with Gasteiger partial charge in [-0.05, 0) is 37.5 Å². The molecule has 0 aromatic rings. The van der Waals surface area contributed by atoms with E-state index in [1.165, 1.54) is 295 Å². The van der Waals surface area contributed by atoms with Gasteiger partial charge in [-0.1, -0.05) is 427 Å². The second-order valence-electron chi connectivity index (χ2n) is 32.7. The van der Waals surface area contributed by atoms with Crippen molar-refractivity contribution in [1.29, 1.82) is 0 Å². The average molecular weight is 1580 g/mol. The number of phosphoric ester groups is 2. The third kappa shape index (κ3) is 80.7. The lowest BCUT2D eigenvalue weighted by atomic mass is 9.99. The van der Waals surface area contributed by atoms with Crippen LogP contribution in [0.2, 0.25) is 0 Å². The zero-order valence-electron chi connectivity index (χ0n) is 71.2. The van der Waals surface area contributed by atoms with Crippen LogP contribution in [0.25, 0.3) is 0 Å². The highest BCUT2D eigenvalue weighted by Crippen LogP contribution is 2.45. The molecule has 17 nitrogen and oxygen atoms in total. The number of hydrogen-bond acceptors (Lipinski definition) is 15. The highest BCUT2D eigenvalue weighted by Gasteiger charge is 2.31. The molecule has 0 aliphatic rings. The van der Waals surface area contributed by atoms with E-state index in [0.717, 1.165) is 102 Å². The highest BCUT2D eigenvalue weighted by atomic mass is 31.2. The number of unbranched alkanes of at least 4 members (excludes halogenated alkanes) is 57. The van der Waals surface area contributed by atoms with Crippen LogP contribution in [0.15, 0.2) is 0 Å². The Bertz CT molecular complexity index is 2070. The first-order valence-corrected chi connectivity index (χ1v) is 49.0. The maximum Gasteiger partial charge on any atom is 0.472 e. The van der Waals surface area contributed by atoms with E-state index in [0.29, 0.717) is 25.7 Å².